The van der Waals surface area contributed by atoms with Gasteiger partial charge >= 0.3 is 0 Å². The number of benzene rings is 2. The zero-order chi connectivity index (χ0) is 33.4. The van der Waals surface area contributed by atoms with E-state index in [2.05, 4.69) is 21.9 Å². The Kier molecular flexibility index (Phi) is 12.0. The molecule has 1 fully saturated rings. The van der Waals surface area contributed by atoms with Crippen molar-refractivity contribution in [1.82, 2.24) is 4.90 Å². The van der Waals surface area contributed by atoms with E-state index in [1.54, 1.807) is 72.8 Å². The van der Waals surface area contributed by atoms with Gasteiger partial charge in [-0.1, -0.05) is 85.0 Å². The number of ether oxygens (including phenoxy) is 1. The Bertz CT molecular complexity index is 1930. The second-order valence-corrected chi connectivity index (χ2v) is 10.4. The molecular formula is C39H29N7O. The van der Waals surface area contributed by atoms with Crippen LogP contribution in [0.5, 0.6) is 0 Å². The number of rotatable bonds is 9. The molecule has 0 atom stereocenters. The third-order valence-corrected chi connectivity index (χ3v) is 7.67. The van der Waals surface area contributed by atoms with E-state index in [9.17, 15) is 26.3 Å². The summed E-state index contributed by atoms with van der Waals surface area (Å²) >= 11 is 0. The monoisotopic (exact) mass is 611 g/mol. The zero-order valence-electron chi connectivity index (χ0n) is 25.6. The van der Waals surface area contributed by atoms with E-state index >= 15 is 0 Å². The highest BCUT2D eigenvalue weighted by atomic mass is 16.5. The summed E-state index contributed by atoms with van der Waals surface area (Å²) in [5.41, 5.74) is 5.40. The fourth-order valence-electron chi connectivity index (χ4n) is 5.53. The number of hydrogen-bond acceptors (Lipinski definition) is 7. The van der Waals surface area contributed by atoms with Crippen LogP contribution >= 0.6 is 0 Å². The lowest BCUT2D eigenvalue weighted by Gasteiger charge is -2.31. The van der Waals surface area contributed by atoms with E-state index in [1.165, 1.54) is 0 Å². The van der Waals surface area contributed by atoms with Crippen molar-refractivity contribution in [2.45, 2.75) is 12.8 Å². The van der Waals surface area contributed by atoms with E-state index in [0.717, 1.165) is 29.7 Å². The average Bonchev–Trinajstić information content (AvgIpc) is 3.53. The molecule has 1 aliphatic carbocycles. The largest absolute Gasteiger partial charge is 0.378 e. The minimum absolute atomic E-state index is 0.152. The molecule has 1 aliphatic heterocycles. The van der Waals surface area contributed by atoms with Crippen molar-refractivity contribution < 1.29 is 4.74 Å². The van der Waals surface area contributed by atoms with E-state index in [-0.39, 0.29) is 16.8 Å². The van der Waals surface area contributed by atoms with E-state index in [1.807, 2.05) is 42.5 Å². The van der Waals surface area contributed by atoms with Crippen molar-refractivity contribution in [2.24, 2.45) is 5.92 Å². The molecule has 2 aromatic carbocycles. The predicted octanol–water partition coefficient (Wildman–Crippen LogP) is 7.35. The first kappa shape index (κ1) is 33.2. The summed E-state index contributed by atoms with van der Waals surface area (Å²) in [5.74, 6) is -1.10. The predicted molar refractivity (Wildman–Crippen MR) is 178 cm³/mol. The molecule has 4 rings (SSSR count). The molecule has 1 heterocycles. The Morgan fingerprint density at radius 2 is 1.49 bits per heavy atom. The lowest BCUT2D eigenvalue weighted by atomic mass is 9.90. The second kappa shape index (κ2) is 17.0. The quantitative estimate of drug-likeness (QED) is 0.164. The third-order valence-electron chi connectivity index (χ3n) is 7.67. The van der Waals surface area contributed by atoms with Crippen molar-refractivity contribution in [2.75, 3.05) is 26.3 Å². The first-order chi connectivity index (χ1) is 23.1. The summed E-state index contributed by atoms with van der Waals surface area (Å²) in [7, 11) is 0. The van der Waals surface area contributed by atoms with Gasteiger partial charge in [0.25, 0.3) is 5.70 Å². The highest BCUT2D eigenvalue weighted by Crippen LogP contribution is 2.36. The highest BCUT2D eigenvalue weighted by Gasteiger charge is 2.25. The topological polar surface area (TPSA) is 136 Å². The van der Waals surface area contributed by atoms with Crippen LogP contribution in [-0.4, -0.2) is 31.2 Å². The Morgan fingerprint density at radius 1 is 0.830 bits per heavy atom. The summed E-state index contributed by atoms with van der Waals surface area (Å²) in [6.45, 7) is 10.1. The average molecular weight is 612 g/mol. The number of nitrogens with zero attached hydrogens (tertiary/aromatic N) is 7. The minimum Gasteiger partial charge on any atom is -0.378 e. The van der Waals surface area contributed by atoms with Gasteiger partial charge in [-0.15, -0.1) is 0 Å². The van der Waals surface area contributed by atoms with Crippen LogP contribution in [-0.2, 0) is 4.74 Å². The maximum Gasteiger partial charge on any atom is 0.270 e. The van der Waals surface area contributed by atoms with Crippen LogP contribution in [0.1, 0.15) is 24.0 Å². The van der Waals surface area contributed by atoms with Gasteiger partial charge < -0.3 is 9.64 Å². The van der Waals surface area contributed by atoms with Crippen molar-refractivity contribution in [3.63, 3.8) is 0 Å². The molecule has 8 heteroatoms. The van der Waals surface area contributed by atoms with Gasteiger partial charge in [-0.05, 0) is 47.3 Å². The van der Waals surface area contributed by atoms with Crippen LogP contribution in [0, 0.1) is 69.1 Å². The van der Waals surface area contributed by atoms with Crippen molar-refractivity contribution in [3.8, 4) is 30.3 Å². The van der Waals surface area contributed by atoms with E-state index in [0.29, 0.717) is 48.6 Å². The summed E-state index contributed by atoms with van der Waals surface area (Å²) in [4.78, 5) is 5.64. The van der Waals surface area contributed by atoms with E-state index < -0.39 is 5.92 Å². The van der Waals surface area contributed by atoms with Crippen LogP contribution in [0.15, 0.2) is 131 Å². The number of allylic oxidation sites excluding steroid dienone is 13. The molecule has 0 saturated carbocycles. The Balaban J connectivity index is 1.74. The van der Waals surface area contributed by atoms with Crippen LogP contribution in [0.4, 0.5) is 0 Å². The zero-order valence-corrected chi connectivity index (χ0v) is 25.6. The SMILES string of the molecule is [C-]#[N+]C(C#N)=C(C(C#N)=CC=CC1=C(N2CCOCC2)C(=CC=CC(C#N)=C(c2ccccc2)C(C#N)C#N)CC1)c1ccccc1. The molecule has 0 amide bonds. The van der Waals surface area contributed by atoms with Gasteiger partial charge in [0.2, 0.25) is 0 Å². The second-order valence-electron chi connectivity index (χ2n) is 10.4. The van der Waals surface area contributed by atoms with Crippen molar-refractivity contribution in [3.05, 3.63) is 153 Å². The van der Waals surface area contributed by atoms with Crippen LogP contribution in [0.2, 0.25) is 0 Å². The first-order valence-electron chi connectivity index (χ1n) is 14.9. The molecule has 1 saturated heterocycles. The van der Waals surface area contributed by atoms with Crippen molar-refractivity contribution in [1.29, 1.82) is 26.3 Å². The lowest BCUT2D eigenvalue weighted by Crippen LogP contribution is -2.36. The maximum absolute atomic E-state index is 10.0. The number of morpholine rings is 1. The molecule has 2 aromatic rings. The van der Waals surface area contributed by atoms with E-state index in [4.69, 9.17) is 11.3 Å². The van der Waals surface area contributed by atoms with Gasteiger partial charge in [-0.2, -0.15) is 21.0 Å². The van der Waals surface area contributed by atoms with Gasteiger partial charge in [-0.25, -0.2) is 10.1 Å². The number of hydrogen-bond donors (Lipinski definition) is 0. The fourth-order valence-corrected chi connectivity index (χ4v) is 5.53. The van der Waals surface area contributed by atoms with Crippen LogP contribution < -0.4 is 0 Å². The molecule has 0 N–H and O–H groups in total. The molecule has 8 nitrogen and oxygen atoms in total. The minimum atomic E-state index is -1.10. The first-order valence-corrected chi connectivity index (χ1v) is 14.9. The lowest BCUT2D eigenvalue weighted by molar-refractivity contribution is 0.0547. The molecule has 0 aromatic heterocycles. The molecule has 226 valence electrons. The highest BCUT2D eigenvalue weighted by molar-refractivity contribution is 5.88. The molecule has 47 heavy (non-hydrogen) atoms. The van der Waals surface area contributed by atoms with Gasteiger partial charge in [0, 0.05) is 29.9 Å². The van der Waals surface area contributed by atoms with Gasteiger partial charge in [0.1, 0.15) is 0 Å². The Morgan fingerprint density at radius 3 is 2.06 bits per heavy atom. The Labute approximate surface area is 275 Å². The maximum atomic E-state index is 10.0. The summed E-state index contributed by atoms with van der Waals surface area (Å²) in [6.07, 6.45) is 12.2. The van der Waals surface area contributed by atoms with Gasteiger partial charge in [0.15, 0.2) is 5.92 Å². The molecule has 0 unspecified atom stereocenters. The normalized spacial score (nSPS) is 17.0. The molecule has 2 aliphatic rings. The summed E-state index contributed by atoms with van der Waals surface area (Å²) < 4.78 is 5.60. The molecule has 0 spiro atoms. The van der Waals surface area contributed by atoms with Crippen LogP contribution in [0.3, 0.4) is 0 Å². The molecule has 0 radical (unpaired) electrons. The summed E-state index contributed by atoms with van der Waals surface area (Å²) in [5, 5.41) is 48.9. The Hall–Kier alpha value is -6.68. The third kappa shape index (κ3) is 8.08. The molecule has 0 bridgehead atoms. The number of nitriles is 5. The van der Waals surface area contributed by atoms with Crippen LogP contribution in [0.25, 0.3) is 16.0 Å². The van der Waals surface area contributed by atoms with Gasteiger partial charge in [-0.3, -0.25) is 0 Å². The fraction of sp³-hybridized carbons (Fsp3) is 0.179. The van der Waals surface area contributed by atoms with Crippen molar-refractivity contribution >= 4 is 11.1 Å². The van der Waals surface area contributed by atoms with Gasteiger partial charge in [0.05, 0.1) is 61.3 Å². The standard InChI is InChI=1S/C39H29N7O/c1-45-36(28-44)38(30-12-6-3-7-13-30)34(25-41)17-9-15-32-19-18-31(39(32)46-20-22-47-23-21-46)14-8-16-33(24-40)37(35(26-42)27-43)29-10-4-2-5-11-29/h2-17,35H,18-23H2. The summed E-state index contributed by atoms with van der Waals surface area (Å²) in [6, 6.07) is 28.2. The molecular weight excluding hydrogens is 582 g/mol. The smallest absolute Gasteiger partial charge is 0.270 e.